The van der Waals surface area contributed by atoms with E-state index < -0.39 is 0 Å². The molecule has 0 unspecified atom stereocenters. The summed E-state index contributed by atoms with van der Waals surface area (Å²) in [5.74, 6) is 0.632. The Hall–Kier alpha value is -2.40. The van der Waals surface area contributed by atoms with Gasteiger partial charge < -0.3 is 9.30 Å². The van der Waals surface area contributed by atoms with E-state index in [2.05, 4.69) is 37.6 Å². The van der Waals surface area contributed by atoms with E-state index in [1.807, 2.05) is 36.5 Å². The number of methoxy groups -OCH3 is 1. The van der Waals surface area contributed by atoms with Crippen LogP contribution in [-0.2, 0) is 17.7 Å². The van der Waals surface area contributed by atoms with Crippen LogP contribution in [0, 0.1) is 0 Å². The van der Waals surface area contributed by atoms with Gasteiger partial charge in [0.1, 0.15) is 5.82 Å². The van der Waals surface area contributed by atoms with Crippen LogP contribution in [0.3, 0.4) is 0 Å². The first-order valence-corrected chi connectivity index (χ1v) is 8.37. The lowest BCUT2D eigenvalue weighted by atomic mass is 10.1. The minimum Gasteiger partial charge on any atom is -0.465 e. The molecule has 0 amide bonds. The van der Waals surface area contributed by atoms with E-state index in [9.17, 15) is 4.79 Å². The zero-order valence-corrected chi connectivity index (χ0v) is 14.9. The van der Waals surface area contributed by atoms with Crippen molar-refractivity contribution in [2.45, 2.75) is 13.0 Å². The Morgan fingerprint density at radius 2 is 2.04 bits per heavy atom. The van der Waals surface area contributed by atoms with Crippen LogP contribution in [0.4, 0.5) is 0 Å². The molecule has 4 nitrogen and oxygen atoms in total. The van der Waals surface area contributed by atoms with Gasteiger partial charge in [0.2, 0.25) is 0 Å². The number of hydrogen-bond acceptors (Lipinski definition) is 3. The zero-order chi connectivity index (χ0) is 16.9. The minimum absolute atomic E-state index is 0.320. The first-order chi connectivity index (χ1) is 11.7. The topological polar surface area (TPSA) is 44.1 Å². The van der Waals surface area contributed by atoms with Crippen LogP contribution in [0.1, 0.15) is 27.3 Å². The molecule has 0 bridgehead atoms. The Morgan fingerprint density at radius 1 is 1.21 bits per heavy atom. The maximum Gasteiger partial charge on any atom is 0.338 e. The van der Waals surface area contributed by atoms with Crippen LogP contribution >= 0.6 is 15.9 Å². The Morgan fingerprint density at radius 3 is 2.83 bits per heavy atom. The van der Waals surface area contributed by atoms with Gasteiger partial charge in [0.25, 0.3) is 0 Å². The van der Waals surface area contributed by atoms with Crippen molar-refractivity contribution in [2.24, 2.45) is 0 Å². The van der Waals surface area contributed by atoms with Crippen LogP contribution in [-0.4, -0.2) is 22.6 Å². The molecule has 122 valence electrons. The summed E-state index contributed by atoms with van der Waals surface area (Å²) in [6.07, 6.45) is 4.45. The van der Waals surface area contributed by atoms with E-state index in [-0.39, 0.29) is 5.97 Å². The normalized spacial score (nSPS) is 10.6. The van der Waals surface area contributed by atoms with Crippen molar-refractivity contribution in [1.82, 2.24) is 9.55 Å². The summed E-state index contributed by atoms with van der Waals surface area (Å²) in [5, 5.41) is 0. The summed E-state index contributed by atoms with van der Waals surface area (Å²) in [4.78, 5) is 16.4. The van der Waals surface area contributed by atoms with Crippen LogP contribution in [0.15, 0.2) is 65.4 Å². The van der Waals surface area contributed by atoms with Gasteiger partial charge in [-0.3, -0.25) is 0 Å². The van der Waals surface area contributed by atoms with Gasteiger partial charge >= 0.3 is 5.97 Å². The summed E-state index contributed by atoms with van der Waals surface area (Å²) in [7, 11) is 1.40. The second-order valence-corrected chi connectivity index (χ2v) is 6.34. The number of carbonyl (C=O) groups excluding carboxylic acids is 1. The lowest BCUT2D eigenvalue weighted by Crippen LogP contribution is -2.10. The number of aromatic nitrogens is 2. The fraction of sp³-hybridized carbons (Fsp3) is 0.158. The molecule has 0 fully saturated rings. The van der Waals surface area contributed by atoms with Crippen molar-refractivity contribution in [3.63, 3.8) is 0 Å². The highest BCUT2D eigenvalue weighted by Crippen LogP contribution is 2.17. The SMILES string of the molecule is COC(=O)c1ccccc1Cn1ccnc1Cc1cccc(Br)c1. The molecule has 0 aliphatic heterocycles. The highest BCUT2D eigenvalue weighted by atomic mass is 79.9. The van der Waals surface area contributed by atoms with Crippen molar-refractivity contribution in [1.29, 1.82) is 0 Å². The molecule has 5 heteroatoms. The summed E-state index contributed by atoms with van der Waals surface area (Å²) >= 11 is 3.49. The molecular formula is C19H17BrN2O2. The Kier molecular flexibility index (Phi) is 5.11. The minimum atomic E-state index is -0.320. The maximum atomic E-state index is 11.9. The first-order valence-electron chi connectivity index (χ1n) is 7.58. The molecule has 0 aliphatic rings. The number of nitrogens with zero attached hydrogens (tertiary/aromatic N) is 2. The van der Waals surface area contributed by atoms with E-state index >= 15 is 0 Å². The number of carbonyl (C=O) groups is 1. The van der Waals surface area contributed by atoms with E-state index in [4.69, 9.17) is 4.74 Å². The Balaban J connectivity index is 1.85. The quantitative estimate of drug-likeness (QED) is 0.622. The highest BCUT2D eigenvalue weighted by Gasteiger charge is 2.13. The summed E-state index contributed by atoms with van der Waals surface area (Å²) in [5.41, 5.74) is 2.68. The predicted octanol–water partition coefficient (Wildman–Crippen LogP) is 4.07. The zero-order valence-electron chi connectivity index (χ0n) is 13.3. The van der Waals surface area contributed by atoms with Crippen LogP contribution in [0.25, 0.3) is 0 Å². The predicted molar refractivity (Wildman–Crippen MR) is 96.1 cm³/mol. The van der Waals surface area contributed by atoms with Gasteiger partial charge in [-0.25, -0.2) is 9.78 Å². The monoisotopic (exact) mass is 384 g/mol. The number of rotatable bonds is 5. The molecule has 24 heavy (non-hydrogen) atoms. The average Bonchev–Trinajstić information content (AvgIpc) is 3.01. The van der Waals surface area contributed by atoms with Crippen molar-refractivity contribution in [2.75, 3.05) is 7.11 Å². The Bertz CT molecular complexity index is 858. The fourth-order valence-corrected chi connectivity index (χ4v) is 3.08. The molecule has 0 saturated carbocycles. The van der Waals surface area contributed by atoms with Crippen molar-refractivity contribution in [3.05, 3.63) is 87.9 Å². The number of halogens is 1. The molecule has 0 N–H and O–H groups in total. The van der Waals surface area contributed by atoms with E-state index in [1.54, 1.807) is 12.3 Å². The molecule has 0 spiro atoms. The van der Waals surface area contributed by atoms with Crippen LogP contribution in [0.5, 0.6) is 0 Å². The number of imidazole rings is 1. The molecule has 0 saturated heterocycles. The average molecular weight is 385 g/mol. The Labute approximate surface area is 149 Å². The van der Waals surface area contributed by atoms with E-state index in [0.717, 1.165) is 22.3 Å². The maximum absolute atomic E-state index is 11.9. The number of benzene rings is 2. The van der Waals surface area contributed by atoms with Gasteiger partial charge in [-0.1, -0.05) is 46.3 Å². The summed E-state index contributed by atoms with van der Waals surface area (Å²) < 4.78 is 7.97. The molecule has 0 aliphatic carbocycles. The fourth-order valence-electron chi connectivity index (χ4n) is 2.63. The molecule has 0 radical (unpaired) electrons. The van der Waals surface area contributed by atoms with Gasteiger partial charge in [-0.2, -0.15) is 0 Å². The van der Waals surface area contributed by atoms with Gasteiger partial charge in [-0.05, 0) is 29.3 Å². The van der Waals surface area contributed by atoms with Crippen molar-refractivity contribution >= 4 is 21.9 Å². The molecule has 2 aromatic carbocycles. The lowest BCUT2D eigenvalue weighted by Gasteiger charge is -2.11. The standard InChI is InChI=1S/C19H17BrN2O2/c1-24-19(23)17-8-3-2-6-15(17)13-22-10-9-21-18(22)12-14-5-4-7-16(20)11-14/h2-11H,12-13H2,1H3. The highest BCUT2D eigenvalue weighted by molar-refractivity contribution is 9.10. The lowest BCUT2D eigenvalue weighted by molar-refractivity contribution is 0.0599. The van der Waals surface area contributed by atoms with E-state index in [1.165, 1.54) is 12.7 Å². The molecular weight excluding hydrogens is 368 g/mol. The third-order valence-corrected chi connectivity index (χ3v) is 4.31. The van der Waals surface area contributed by atoms with Gasteiger partial charge in [0.15, 0.2) is 0 Å². The van der Waals surface area contributed by atoms with Crippen molar-refractivity contribution in [3.8, 4) is 0 Å². The van der Waals surface area contributed by atoms with Crippen LogP contribution in [0.2, 0.25) is 0 Å². The summed E-state index contributed by atoms with van der Waals surface area (Å²) in [6, 6.07) is 15.7. The second kappa shape index (κ2) is 7.45. The van der Waals surface area contributed by atoms with Gasteiger partial charge in [0.05, 0.1) is 12.7 Å². The van der Waals surface area contributed by atoms with Gasteiger partial charge in [-0.15, -0.1) is 0 Å². The molecule has 1 aromatic heterocycles. The van der Waals surface area contributed by atoms with Crippen molar-refractivity contribution < 1.29 is 9.53 Å². The van der Waals surface area contributed by atoms with E-state index in [0.29, 0.717) is 12.1 Å². The smallest absolute Gasteiger partial charge is 0.338 e. The third kappa shape index (κ3) is 3.74. The number of hydrogen-bond donors (Lipinski definition) is 0. The molecule has 1 heterocycles. The van der Waals surface area contributed by atoms with Gasteiger partial charge in [0, 0.05) is 29.8 Å². The first kappa shape index (κ1) is 16.5. The number of esters is 1. The second-order valence-electron chi connectivity index (χ2n) is 5.43. The summed E-state index contributed by atoms with van der Waals surface area (Å²) in [6.45, 7) is 0.578. The molecule has 3 rings (SSSR count). The number of ether oxygens (including phenoxy) is 1. The van der Waals surface area contributed by atoms with Crippen LogP contribution < -0.4 is 0 Å². The third-order valence-electron chi connectivity index (χ3n) is 3.82. The largest absolute Gasteiger partial charge is 0.465 e. The molecule has 3 aromatic rings. The molecule has 0 atom stereocenters.